The molecule has 1 aliphatic carbocycles. The van der Waals surface area contributed by atoms with E-state index in [0.29, 0.717) is 17.4 Å². The first-order valence-electron chi connectivity index (χ1n) is 6.83. The van der Waals surface area contributed by atoms with E-state index < -0.39 is 11.4 Å². The van der Waals surface area contributed by atoms with Crippen LogP contribution in [0, 0.1) is 11.3 Å². The van der Waals surface area contributed by atoms with Gasteiger partial charge in [-0.05, 0) is 31.6 Å². The zero-order valence-electron chi connectivity index (χ0n) is 11.7. The van der Waals surface area contributed by atoms with Gasteiger partial charge in [0.1, 0.15) is 0 Å². The van der Waals surface area contributed by atoms with E-state index in [1.165, 1.54) is 0 Å². The molecule has 0 saturated heterocycles. The molecule has 106 valence electrons. The molecule has 0 spiro atoms. The monoisotopic (exact) mass is 284 g/mol. The van der Waals surface area contributed by atoms with Crippen molar-refractivity contribution in [3.8, 4) is 0 Å². The number of aryl methyl sites for hydroxylation is 2. The molecular formula is C14H21ClN2O2. The van der Waals surface area contributed by atoms with Crippen molar-refractivity contribution in [3.05, 3.63) is 16.4 Å². The van der Waals surface area contributed by atoms with E-state index >= 15 is 0 Å². The maximum atomic E-state index is 11.7. The Bertz CT molecular complexity index is 498. The van der Waals surface area contributed by atoms with E-state index in [1.807, 2.05) is 14.0 Å². The second-order valence-corrected chi connectivity index (χ2v) is 6.17. The van der Waals surface area contributed by atoms with Crippen molar-refractivity contribution in [1.29, 1.82) is 0 Å². The van der Waals surface area contributed by atoms with Gasteiger partial charge in [0.2, 0.25) is 0 Å². The van der Waals surface area contributed by atoms with Gasteiger partial charge in [-0.15, -0.1) is 0 Å². The Morgan fingerprint density at radius 3 is 2.74 bits per heavy atom. The maximum absolute atomic E-state index is 11.7. The third-order valence-electron chi connectivity index (χ3n) is 4.32. The number of carbonyl (C=O) groups is 1. The van der Waals surface area contributed by atoms with Gasteiger partial charge < -0.3 is 5.11 Å². The van der Waals surface area contributed by atoms with Crippen LogP contribution >= 0.6 is 11.6 Å². The van der Waals surface area contributed by atoms with Crippen molar-refractivity contribution in [3.63, 3.8) is 0 Å². The number of hydrogen-bond acceptors (Lipinski definition) is 2. The van der Waals surface area contributed by atoms with E-state index in [1.54, 1.807) is 4.68 Å². The molecule has 2 atom stereocenters. The molecule has 1 aromatic heterocycles. The largest absolute Gasteiger partial charge is 0.481 e. The lowest BCUT2D eigenvalue weighted by atomic mass is 9.80. The number of aromatic nitrogens is 2. The second kappa shape index (κ2) is 5.16. The topological polar surface area (TPSA) is 55.1 Å². The summed E-state index contributed by atoms with van der Waals surface area (Å²) < 4.78 is 1.74. The third-order valence-corrected chi connectivity index (χ3v) is 4.75. The minimum atomic E-state index is -0.702. The Morgan fingerprint density at radius 1 is 1.63 bits per heavy atom. The van der Waals surface area contributed by atoms with Crippen LogP contribution in [0.4, 0.5) is 0 Å². The number of carboxylic acids is 1. The molecule has 0 amide bonds. The van der Waals surface area contributed by atoms with Crippen molar-refractivity contribution in [2.75, 3.05) is 0 Å². The number of nitrogens with zero attached hydrogens (tertiary/aromatic N) is 2. The fourth-order valence-electron chi connectivity index (χ4n) is 3.16. The first-order chi connectivity index (χ1) is 8.89. The molecule has 1 saturated carbocycles. The molecule has 1 N–H and O–H groups in total. The van der Waals surface area contributed by atoms with Gasteiger partial charge in [-0.2, -0.15) is 5.10 Å². The fraction of sp³-hybridized carbons (Fsp3) is 0.714. The van der Waals surface area contributed by atoms with Crippen molar-refractivity contribution >= 4 is 17.6 Å². The molecule has 2 unspecified atom stereocenters. The zero-order chi connectivity index (χ0) is 14.2. The molecule has 1 aromatic rings. The Balaban J connectivity index is 2.33. The summed E-state index contributed by atoms with van der Waals surface area (Å²) in [6.45, 7) is 4.12. The van der Waals surface area contributed by atoms with E-state index in [9.17, 15) is 9.90 Å². The molecular weight excluding hydrogens is 264 g/mol. The molecule has 0 aromatic carbocycles. The van der Waals surface area contributed by atoms with E-state index in [4.69, 9.17) is 11.6 Å². The Labute approximate surface area is 118 Å². The first kappa shape index (κ1) is 14.4. The number of halogens is 1. The summed E-state index contributed by atoms with van der Waals surface area (Å²) in [5, 5.41) is 14.6. The summed E-state index contributed by atoms with van der Waals surface area (Å²) in [7, 11) is 1.84. The SMILES string of the molecule is CCc1nn(C)c(CC2(C(=O)O)CCC(C)C2)c1Cl. The van der Waals surface area contributed by atoms with Crippen LogP contribution in [0.3, 0.4) is 0 Å². The average molecular weight is 285 g/mol. The van der Waals surface area contributed by atoms with Crippen LogP contribution < -0.4 is 0 Å². The molecule has 2 rings (SSSR count). The number of rotatable bonds is 4. The van der Waals surface area contributed by atoms with E-state index in [0.717, 1.165) is 37.1 Å². The van der Waals surface area contributed by atoms with Crippen LogP contribution in [0.5, 0.6) is 0 Å². The summed E-state index contributed by atoms with van der Waals surface area (Å²) in [6.07, 6.45) is 3.68. The number of hydrogen-bond donors (Lipinski definition) is 1. The average Bonchev–Trinajstić information content (AvgIpc) is 2.85. The Kier molecular flexibility index (Phi) is 3.90. The summed E-state index contributed by atoms with van der Waals surface area (Å²) >= 11 is 6.33. The van der Waals surface area contributed by atoms with Gasteiger partial charge in [-0.3, -0.25) is 9.48 Å². The van der Waals surface area contributed by atoms with Gasteiger partial charge in [0.25, 0.3) is 0 Å². The van der Waals surface area contributed by atoms with Crippen molar-refractivity contribution < 1.29 is 9.90 Å². The number of carboxylic acid groups (broad SMARTS) is 1. The minimum Gasteiger partial charge on any atom is -0.481 e. The summed E-state index contributed by atoms with van der Waals surface area (Å²) in [6, 6.07) is 0. The van der Waals surface area contributed by atoms with E-state index in [2.05, 4.69) is 12.0 Å². The van der Waals surface area contributed by atoms with Crippen molar-refractivity contribution in [2.45, 2.75) is 46.0 Å². The quantitative estimate of drug-likeness (QED) is 0.924. The smallest absolute Gasteiger partial charge is 0.310 e. The van der Waals surface area contributed by atoms with Gasteiger partial charge in [-0.1, -0.05) is 25.4 Å². The standard InChI is InChI=1S/C14H21ClN2O2/c1-4-10-12(15)11(17(3)16-10)8-14(13(18)19)6-5-9(2)7-14/h9H,4-8H2,1-3H3,(H,18,19). The fourth-order valence-corrected chi connectivity index (χ4v) is 3.52. The highest BCUT2D eigenvalue weighted by molar-refractivity contribution is 6.31. The predicted molar refractivity (Wildman–Crippen MR) is 74.4 cm³/mol. The highest BCUT2D eigenvalue weighted by Gasteiger charge is 2.45. The second-order valence-electron chi connectivity index (χ2n) is 5.79. The van der Waals surface area contributed by atoms with Gasteiger partial charge >= 0.3 is 5.97 Å². The Hall–Kier alpha value is -1.03. The van der Waals surface area contributed by atoms with E-state index in [-0.39, 0.29) is 0 Å². The third kappa shape index (κ3) is 2.50. The zero-order valence-corrected chi connectivity index (χ0v) is 12.5. The predicted octanol–water partition coefficient (Wildman–Crippen LogP) is 3.07. The number of aliphatic carboxylic acids is 1. The molecule has 1 fully saturated rings. The highest BCUT2D eigenvalue weighted by Crippen LogP contribution is 2.45. The van der Waals surface area contributed by atoms with Gasteiger partial charge in [0.15, 0.2) is 0 Å². The van der Waals surface area contributed by atoms with Crippen LogP contribution in [-0.2, 0) is 24.7 Å². The van der Waals surface area contributed by atoms with Gasteiger partial charge in [0, 0.05) is 13.5 Å². The molecule has 0 radical (unpaired) electrons. The molecule has 1 heterocycles. The summed E-state index contributed by atoms with van der Waals surface area (Å²) in [5.41, 5.74) is 1.04. The lowest BCUT2D eigenvalue weighted by Crippen LogP contribution is -2.31. The molecule has 5 heteroatoms. The minimum absolute atomic E-state index is 0.466. The molecule has 4 nitrogen and oxygen atoms in total. The first-order valence-corrected chi connectivity index (χ1v) is 7.21. The Morgan fingerprint density at radius 2 is 2.32 bits per heavy atom. The van der Waals surface area contributed by atoms with Crippen LogP contribution in [0.1, 0.15) is 44.5 Å². The molecule has 19 heavy (non-hydrogen) atoms. The van der Waals surface area contributed by atoms with Crippen molar-refractivity contribution in [1.82, 2.24) is 9.78 Å². The van der Waals surface area contributed by atoms with Gasteiger partial charge in [0.05, 0.1) is 21.8 Å². The molecule has 0 aliphatic heterocycles. The van der Waals surface area contributed by atoms with Crippen LogP contribution in [-0.4, -0.2) is 20.9 Å². The highest BCUT2D eigenvalue weighted by atomic mass is 35.5. The maximum Gasteiger partial charge on any atom is 0.310 e. The molecule has 1 aliphatic rings. The summed E-state index contributed by atoms with van der Waals surface area (Å²) in [5.74, 6) is -0.235. The summed E-state index contributed by atoms with van der Waals surface area (Å²) in [4.78, 5) is 11.7. The van der Waals surface area contributed by atoms with Crippen LogP contribution in [0.2, 0.25) is 5.02 Å². The normalized spacial score (nSPS) is 26.8. The lowest BCUT2D eigenvalue weighted by Gasteiger charge is -2.24. The van der Waals surface area contributed by atoms with Crippen LogP contribution in [0.15, 0.2) is 0 Å². The molecule has 0 bridgehead atoms. The van der Waals surface area contributed by atoms with Gasteiger partial charge in [-0.25, -0.2) is 0 Å². The lowest BCUT2D eigenvalue weighted by molar-refractivity contribution is -0.148. The van der Waals surface area contributed by atoms with Crippen molar-refractivity contribution in [2.24, 2.45) is 18.4 Å². The van der Waals surface area contributed by atoms with Crippen LogP contribution in [0.25, 0.3) is 0 Å².